The van der Waals surface area contributed by atoms with E-state index in [1.54, 1.807) is 12.1 Å². The molecule has 2 N–H and O–H groups in total. The zero-order valence-electron chi connectivity index (χ0n) is 14.5. The van der Waals surface area contributed by atoms with Crippen LogP contribution in [0.4, 0.5) is 13.2 Å². The van der Waals surface area contributed by atoms with Crippen LogP contribution in [0.1, 0.15) is 35.6 Å². The second kappa shape index (κ2) is 7.57. The summed E-state index contributed by atoms with van der Waals surface area (Å²) in [6, 6.07) is 8.39. The van der Waals surface area contributed by atoms with Crippen molar-refractivity contribution in [2.75, 3.05) is 13.1 Å². The second-order valence-electron chi connectivity index (χ2n) is 6.49. The highest BCUT2D eigenvalue weighted by Crippen LogP contribution is 2.34. The van der Waals surface area contributed by atoms with Gasteiger partial charge in [-0.3, -0.25) is 4.98 Å². The van der Waals surface area contributed by atoms with Gasteiger partial charge in [-0.2, -0.15) is 17.5 Å². The summed E-state index contributed by atoms with van der Waals surface area (Å²) in [5.41, 5.74) is 5.98. The third-order valence-electron chi connectivity index (χ3n) is 4.78. The van der Waals surface area contributed by atoms with E-state index < -0.39 is 21.8 Å². The standard InChI is InChI=1S/C18H20F3N3O2S/c19-18(20,21)15-5-8-23-17(11-15)14-6-9-24(10-7-14)27(25,26)16-3-1-13(12-22)2-4-16/h1-5,8,11,14H,6-7,9-10,12,22H2. The monoisotopic (exact) mass is 399 g/mol. The fourth-order valence-electron chi connectivity index (χ4n) is 3.19. The SMILES string of the molecule is NCc1ccc(S(=O)(=O)N2CCC(c3cc(C(F)(F)F)ccn3)CC2)cc1. The summed E-state index contributed by atoms with van der Waals surface area (Å²) in [6.45, 7) is 0.808. The largest absolute Gasteiger partial charge is 0.416 e. The third kappa shape index (κ3) is 4.31. The molecule has 2 aromatic rings. The van der Waals surface area contributed by atoms with E-state index in [0.717, 1.165) is 23.9 Å². The van der Waals surface area contributed by atoms with Gasteiger partial charge in [-0.1, -0.05) is 12.1 Å². The van der Waals surface area contributed by atoms with Crippen LogP contribution in [-0.2, 0) is 22.7 Å². The van der Waals surface area contributed by atoms with Gasteiger partial charge in [0.2, 0.25) is 10.0 Å². The summed E-state index contributed by atoms with van der Waals surface area (Å²) < 4.78 is 65.5. The van der Waals surface area contributed by atoms with Gasteiger partial charge in [-0.05, 0) is 42.7 Å². The molecule has 1 saturated heterocycles. The summed E-state index contributed by atoms with van der Waals surface area (Å²) in [7, 11) is -3.63. The normalized spacial score (nSPS) is 17.2. The second-order valence-corrected chi connectivity index (χ2v) is 8.43. The summed E-state index contributed by atoms with van der Waals surface area (Å²) >= 11 is 0. The van der Waals surface area contributed by atoms with E-state index in [1.165, 1.54) is 16.4 Å². The first kappa shape index (κ1) is 19.8. The molecule has 1 fully saturated rings. The smallest absolute Gasteiger partial charge is 0.326 e. The van der Waals surface area contributed by atoms with Crippen LogP contribution in [-0.4, -0.2) is 30.8 Å². The van der Waals surface area contributed by atoms with Gasteiger partial charge in [-0.15, -0.1) is 0 Å². The molecule has 146 valence electrons. The maximum Gasteiger partial charge on any atom is 0.416 e. The summed E-state index contributed by atoms with van der Waals surface area (Å²) in [5.74, 6) is -0.196. The Kier molecular flexibility index (Phi) is 5.55. The topological polar surface area (TPSA) is 76.3 Å². The van der Waals surface area contributed by atoms with Crippen molar-refractivity contribution in [2.24, 2.45) is 5.73 Å². The van der Waals surface area contributed by atoms with Crippen LogP contribution in [0.2, 0.25) is 0 Å². The van der Waals surface area contributed by atoms with E-state index in [2.05, 4.69) is 4.98 Å². The fourth-order valence-corrected chi connectivity index (χ4v) is 4.66. The molecule has 0 spiro atoms. The Balaban J connectivity index is 1.71. The number of rotatable bonds is 4. The molecule has 1 aliphatic heterocycles. The molecule has 5 nitrogen and oxygen atoms in total. The zero-order valence-corrected chi connectivity index (χ0v) is 15.3. The van der Waals surface area contributed by atoms with Gasteiger partial charge in [0.05, 0.1) is 10.5 Å². The van der Waals surface area contributed by atoms with Gasteiger partial charge in [0, 0.05) is 37.4 Å². The van der Waals surface area contributed by atoms with E-state index >= 15 is 0 Å². The van der Waals surface area contributed by atoms with E-state index in [-0.39, 0.29) is 23.9 Å². The van der Waals surface area contributed by atoms with Crippen molar-refractivity contribution in [3.8, 4) is 0 Å². The van der Waals surface area contributed by atoms with Gasteiger partial charge in [0.1, 0.15) is 0 Å². The van der Waals surface area contributed by atoms with Crippen LogP contribution in [0.15, 0.2) is 47.5 Å². The lowest BCUT2D eigenvalue weighted by Gasteiger charge is -2.31. The molecular formula is C18H20F3N3O2S. The molecule has 0 unspecified atom stereocenters. The molecule has 27 heavy (non-hydrogen) atoms. The van der Waals surface area contributed by atoms with Crippen molar-refractivity contribution in [1.29, 1.82) is 0 Å². The minimum Gasteiger partial charge on any atom is -0.326 e. The molecule has 0 saturated carbocycles. The Labute approximate surface area is 156 Å². The third-order valence-corrected chi connectivity index (χ3v) is 6.69. The summed E-state index contributed by atoms with van der Waals surface area (Å²) in [5, 5.41) is 0. The van der Waals surface area contributed by atoms with E-state index in [9.17, 15) is 21.6 Å². The first-order valence-electron chi connectivity index (χ1n) is 8.54. The predicted octanol–water partition coefficient (Wildman–Crippen LogP) is 3.13. The minimum absolute atomic E-state index is 0.190. The average Bonchev–Trinajstić information content (AvgIpc) is 2.67. The summed E-state index contributed by atoms with van der Waals surface area (Å²) in [6.07, 6.45) is -2.42. The molecule has 0 amide bonds. The first-order valence-corrected chi connectivity index (χ1v) is 9.98. The lowest BCUT2D eigenvalue weighted by Crippen LogP contribution is -2.38. The number of nitrogens with two attached hydrogens (primary N) is 1. The summed E-state index contributed by atoms with van der Waals surface area (Å²) in [4.78, 5) is 4.25. The number of nitrogens with zero attached hydrogens (tertiary/aromatic N) is 2. The zero-order chi connectivity index (χ0) is 19.7. The number of benzene rings is 1. The highest BCUT2D eigenvalue weighted by molar-refractivity contribution is 7.89. The quantitative estimate of drug-likeness (QED) is 0.857. The lowest BCUT2D eigenvalue weighted by molar-refractivity contribution is -0.137. The molecule has 0 aliphatic carbocycles. The molecule has 1 aromatic carbocycles. The van der Waals surface area contributed by atoms with E-state index in [1.807, 2.05) is 0 Å². The molecule has 0 radical (unpaired) electrons. The Bertz CT molecular complexity index is 891. The van der Waals surface area contributed by atoms with Crippen LogP contribution in [0.25, 0.3) is 0 Å². The minimum atomic E-state index is -4.42. The van der Waals surface area contributed by atoms with Gasteiger partial charge in [0.15, 0.2) is 0 Å². The Morgan fingerprint density at radius 1 is 1.11 bits per heavy atom. The van der Waals surface area contributed by atoms with Crippen LogP contribution in [0, 0.1) is 0 Å². The molecule has 2 heterocycles. The van der Waals surface area contributed by atoms with Crippen LogP contribution < -0.4 is 5.73 Å². The number of aromatic nitrogens is 1. The molecule has 1 aromatic heterocycles. The molecule has 1 aliphatic rings. The van der Waals surface area contributed by atoms with Crippen molar-refractivity contribution in [3.05, 3.63) is 59.4 Å². The number of hydrogen-bond donors (Lipinski definition) is 1. The first-order chi connectivity index (χ1) is 12.7. The number of pyridine rings is 1. The van der Waals surface area contributed by atoms with Gasteiger partial charge in [-0.25, -0.2) is 8.42 Å². The predicted molar refractivity (Wildman–Crippen MR) is 94.3 cm³/mol. The highest BCUT2D eigenvalue weighted by Gasteiger charge is 2.33. The Morgan fingerprint density at radius 3 is 2.30 bits per heavy atom. The van der Waals surface area contributed by atoms with Crippen LogP contribution >= 0.6 is 0 Å². The molecule has 0 atom stereocenters. The Hall–Kier alpha value is -1.97. The van der Waals surface area contributed by atoms with Gasteiger partial charge < -0.3 is 5.73 Å². The van der Waals surface area contributed by atoms with E-state index in [4.69, 9.17) is 5.73 Å². The van der Waals surface area contributed by atoms with Crippen LogP contribution in [0.5, 0.6) is 0 Å². The van der Waals surface area contributed by atoms with Gasteiger partial charge >= 0.3 is 6.18 Å². The maximum absolute atomic E-state index is 12.9. The van der Waals surface area contributed by atoms with Crippen molar-refractivity contribution >= 4 is 10.0 Å². The average molecular weight is 399 g/mol. The van der Waals surface area contributed by atoms with Crippen molar-refractivity contribution < 1.29 is 21.6 Å². The molecule has 3 rings (SSSR count). The van der Waals surface area contributed by atoms with Crippen molar-refractivity contribution in [3.63, 3.8) is 0 Å². The van der Waals surface area contributed by atoms with Crippen LogP contribution in [0.3, 0.4) is 0 Å². The highest BCUT2D eigenvalue weighted by atomic mass is 32.2. The number of alkyl halides is 3. The molecule has 0 bridgehead atoms. The van der Waals surface area contributed by atoms with Crippen molar-refractivity contribution in [1.82, 2.24) is 9.29 Å². The number of hydrogen-bond acceptors (Lipinski definition) is 4. The number of halogens is 3. The Morgan fingerprint density at radius 2 is 1.74 bits per heavy atom. The fraction of sp³-hybridized carbons (Fsp3) is 0.389. The lowest BCUT2D eigenvalue weighted by atomic mass is 9.93. The van der Waals surface area contributed by atoms with E-state index in [0.29, 0.717) is 25.1 Å². The molecule has 9 heteroatoms. The number of sulfonamides is 1. The molecular weight excluding hydrogens is 379 g/mol. The van der Waals surface area contributed by atoms with Crippen molar-refractivity contribution in [2.45, 2.75) is 36.4 Å². The maximum atomic E-state index is 12.9. The number of piperidine rings is 1. The van der Waals surface area contributed by atoms with Gasteiger partial charge in [0.25, 0.3) is 0 Å².